The van der Waals surface area contributed by atoms with Gasteiger partial charge in [0.1, 0.15) is 0 Å². The topological polar surface area (TPSA) is 30.0 Å². The van der Waals surface area contributed by atoms with Crippen molar-refractivity contribution in [3.63, 3.8) is 0 Å². The SMILES string of the molecule is O=C(C#Cc1cc(Cl)cc(Cl)c1)c1cnc2ccccc2c1. The lowest BCUT2D eigenvalue weighted by Crippen LogP contribution is -1.96. The number of nitrogens with zero attached hydrogens (tertiary/aromatic N) is 1. The van der Waals surface area contributed by atoms with Crippen LogP contribution in [0.2, 0.25) is 10.0 Å². The highest BCUT2D eigenvalue weighted by Gasteiger charge is 2.04. The Bertz CT molecular complexity index is 918. The Morgan fingerprint density at radius 2 is 1.73 bits per heavy atom. The van der Waals surface area contributed by atoms with E-state index >= 15 is 0 Å². The quantitative estimate of drug-likeness (QED) is 0.476. The molecular formula is C18H9Cl2NO. The lowest BCUT2D eigenvalue weighted by Gasteiger charge is -1.98. The molecule has 2 nitrogen and oxygen atoms in total. The molecule has 4 heteroatoms. The number of Topliss-reactive ketones (excluding diaryl/α,β-unsaturated/α-hetero) is 1. The number of hydrogen-bond donors (Lipinski definition) is 0. The molecule has 0 amide bonds. The molecule has 1 heterocycles. The number of hydrogen-bond acceptors (Lipinski definition) is 2. The lowest BCUT2D eigenvalue weighted by molar-refractivity contribution is 0.105. The van der Waals surface area contributed by atoms with E-state index in [4.69, 9.17) is 23.2 Å². The van der Waals surface area contributed by atoms with Crippen LogP contribution in [0, 0.1) is 11.8 Å². The van der Waals surface area contributed by atoms with Gasteiger partial charge >= 0.3 is 0 Å². The molecule has 0 aliphatic rings. The molecular weight excluding hydrogens is 317 g/mol. The molecule has 3 rings (SSSR count). The first-order valence-electron chi connectivity index (χ1n) is 6.49. The summed E-state index contributed by atoms with van der Waals surface area (Å²) in [7, 11) is 0. The number of halogens is 2. The van der Waals surface area contributed by atoms with Crippen LogP contribution in [-0.4, -0.2) is 10.8 Å². The highest BCUT2D eigenvalue weighted by atomic mass is 35.5. The number of ketones is 1. The molecule has 0 spiro atoms. The zero-order valence-corrected chi connectivity index (χ0v) is 12.8. The van der Waals surface area contributed by atoms with Crippen LogP contribution in [0.4, 0.5) is 0 Å². The second-order valence-electron chi connectivity index (χ2n) is 4.65. The van der Waals surface area contributed by atoms with Gasteiger partial charge in [-0.1, -0.05) is 47.3 Å². The number of carbonyl (C=O) groups is 1. The monoisotopic (exact) mass is 325 g/mol. The minimum atomic E-state index is -0.297. The zero-order chi connectivity index (χ0) is 15.5. The van der Waals surface area contributed by atoms with Gasteiger partial charge in [-0.15, -0.1) is 0 Å². The number of benzene rings is 2. The minimum Gasteiger partial charge on any atom is -0.279 e. The first-order valence-corrected chi connectivity index (χ1v) is 7.25. The fourth-order valence-electron chi connectivity index (χ4n) is 2.02. The van der Waals surface area contributed by atoms with Crippen molar-refractivity contribution in [1.29, 1.82) is 0 Å². The van der Waals surface area contributed by atoms with Crippen molar-refractivity contribution in [2.45, 2.75) is 0 Å². The smallest absolute Gasteiger partial charge is 0.237 e. The minimum absolute atomic E-state index is 0.297. The van der Waals surface area contributed by atoms with E-state index in [9.17, 15) is 4.79 Å². The van der Waals surface area contributed by atoms with E-state index in [0.29, 0.717) is 21.2 Å². The van der Waals surface area contributed by atoms with Crippen LogP contribution in [0.1, 0.15) is 15.9 Å². The highest BCUT2D eigenvalue weighted by Crippen LogP contribution is 2.18. The van der Waals surface area contributed by atoms with Crippen LogP contribution in [-0.2, 0) is 0 Å². The van der Waals surface area contributed by atoms with E-state index < -0.39 is 0 Å². The van der Waals surface area contributed by atoms with Gasteiger partial charge in [-0.2, -0.15) is 0 Å². The van der Waals surface area contributed by atoms with Gasteiger partial charge in [-0.05, 0) is 36.3 Å². The summed E-state index contributed by atoms with van der Waals surface area (Å²) >= 11 is 11.8. The van der Waals surface area contributed by atoms with Crippen LogP contribution >= 0.6 is 23.2 Å². The fraction of sp³-hybridized carbons (Fsp3) is 0. The van der Waals surface area contributed by atoms with E-state index in [1.165, 1.54) is 6.20 Å². The summed E-state index contributed by atoms with van der Waals surface area (Å²) < 4.78 is 0. The maximum Gasteiger partial charge on any atom is 0.237 e. The van der Waals surface area contributed by atoms with E-state index in [1.807, 2.05) is 24.3 Å². The summed E-state index contributed by atoms with van der Waals surface area (Å²) in [6.45, 7) is 0. The predicted molar refractivity (Wildman–Crippen MR) is 89.4 cm³/mol. The second kappa shape index (κ2) is 6.19. The molecule has 0 saturated heterocycles. The van der Waals surface area contributed by atoms with Crippen molar-refractivity contribution in [3.05, 3.63) is 75.9 Å². The molecule has 22 heavy (non-hydrogen) atoms. The number of rotatable bonds is 1. The van der Waals surface area contributed by atoms with Gasteiger partial charge in [0.25, 0.3) is 0 Å². The molecule has 0 fully saturated rings. The Labute approximate surface area is 137 Å². The summed E-state index contributed by atoms with van der Waals surface area (Å²) in [5, 5.41) is 1.87. The zero-order valence-electron chi connectivity index (χ0n) is 11.3. The van der Waals surface area contributed by atoms with Crippen LogP contribution in [0.25, 0.3) is 10.9 Å². The van der Waals surface area contributed by atoms with Gasteiger partial charge in [0.2, 0.25) is 5.78 Å². The van der Waals surface area contributed by atoms with Gasteiger partial charge in [0.15, 0.2) is 0 Å². The van der Waals surface area contributed by atoms with Crippen molar-refractivity contribution in [1.82, 2.24) is 4.98 Å². The molecule has 0 aliphatic carbocycles. The maximum atomic E-state index is 12.2. The van der Waals surface area contributed by atoms with Crippen LogP contribution in [0.5, 0.6) is 0 Å². The van der Waals surface area contributed by atoms with Crippen molar-refractivity contribution in [2.75, 3.05) is 0 Å². The molecule has 0 saturated carbocycles. The standard InChI is InChI=1S/C18H9Cl2NO/c19-15-7-12(8-16(20)10-15)5-6-18(22)14-9-13-3-1-2-4-17(13)21-11-14/h1-4,7-11H. The summed E-state index contributed by atoms with van der Waals surface area (Å²) in [5.41, 5.74) is 1.90. The molecule has 1 aromatic heterocycles. The fourth-order valence-corrected chi connectivity index (χ4v) is 2.55. The second-order valence-corrected chi connectivity index (χ2v) is 5.53. The average Bonchev–Trinajstić information content (AvgIpc) is 2.51. The summed E-state index contributed by atoms with van der Waals surface area (Å²) in [6, 6.07) is 14.3. The van der Waals surface area contributed by atoms with Crippen molar-refractivity contribution in [2.24, 2.45) is 0 Å². The molecule has 106 valence electrons. The summed E-state index contributed by atoms with van der Waals surface area (Å²) in [4.78, 5) is 16.4. The van der Waals surface area contributed by atoms with Gasteiger partial charge < -0.3 is 0 Å². The predicted octanol–water partition coefficient (Wildman–Crippen LogP) is 4.78. The summed E-state index contributed by atoms with van der Waals surface area (Å²) in [6.07, 6.45) is 1.53. The van der Waals surface area contributed by atoms with Gasteiger partial charge in [-0.25, -0.2) is 0 Å². The van der Waals surface area contributed by atoms with E-state index in [1.54, 1.807) is 24.3 Å². The first kappa shape index (κ1) is 14.6. The van der Waals surface area contributed by atoms with Crippen LogP contribution in [0.15, 0.2) is 54.7 Å². The summed E-state index contributed by atoms with van der Waals surface area (Å²) in [5.74, 6) is 5.07. The van der Waals surface area contributed by atoms with Crippen LogP contribution < -0.4 is 0 Å². The average molecular weight is 326 g/mol. The normalized spacial score (nSPS) is 10.1. The molecule has 0 unspecified atom stereocenters. The third-order valence-corrected chi connectivity index (χ3v) is 3.47. The van der Waals surface area contributed by atoms with E-state index in [0.717, 1.165) is 10.9 Å². The first-order chi connectivity index (χ1) is 10.6. The molecule has 0 bridgehead atoms. The number of carbonyl (C=O) groups excluding carboxylic acids is 1. The third-order valence-electron chi connectivity index (χ3n) is 3.04. The van der Waals surface area contributed by atoms with E-state index in [2.05, 4.69) is 16.8 Å². The molecule has 0 radical (unpaired) electrons. The number of para-hydroxylation sites is 1. The van der Waals surface area contributed by atoms with Crippen molar-refractivity contribution >= 4 is 39.9 Å². The molecule has 3 aromatic rings. The maximum absolute atomic E-state index is 12.2. The van der Waals surface area contributed by atoms with Gasteiger partial charge in [-0.3, -0.25) is 9.78 Å². The van der Waals surface area contributed by atoms with Crippen molar-refractivity contribution < 1.29 is 4.79 Å². The Morgan fingerprint density at radius 1 is 1.00 bits per heavy atom. The Kier molecular flexibility index (Phi) is 4.11. The Hall–Kier alpha value is -2.34. The van der Waals surface area contributed by atoms with Gasteiger partial charge in [0, 0.05) is 32.8 Å². The van der Waals surface area contributed by atoms with E-state index in [-0.39, 0.29) is 5.78 Å². The Balaban J connectivity index is 1.92. The molecule has 0 N–H and O–H groups in total. The molecule has 2 aromatic carbocycles. The Morgan fingerprint density at radius 3 is 2.50 bits per heavy atom. The molecule has 0 aliphatic heterocycles. The number of pyridine rings is 1. The van der Waals surface area contributed by atoms with Gasteiger partial charge in [0.05, 0.1) is 5.52 Å². The van der Waals surface area contributed by atoms with Crippen LogP contribution in [0.3, 0.4) is 0 Å². The lowest BCUT2D eigenvalue weighted by atomic mass is 10.1. The van der Waals surface area contributed by atoms with Crippen molar-refractivity contribution in [3.8, 4) is 11.8 Å². The number of fused-ring (bicyclic) bond motifs is 1. The third kappa shape index (κ3) is 3.28. The highest BCUT2D eigenvalue weighted by molar-refractivity contribution is 6.34. The number of aromatic nitrogens is 1. The molecule has 0 atom stereocenters. The largest absolute Gasteiger partial charge is 0.279 e.